The lowest BCUT2D eigenvalue weighted by Crippen LogP contribution is -2.48. The zero-order valence-electron chi connectivity index (χ0n) is 13.6. The van der Waals surface area contributed by atoms with E-state index >= 15 is 0 Å². The van der Waals surface area contributed by atoms with Crippen molar-refractivity contribution in [1.82, 2.24) is 19.2 Å². The number of hydrogen-bond donors (Lipinski definition) is 1. The number of pyridine rings is 1. The molecular weight excluding hydrogens is 288 g/mol. The fourth-order valence-electron chi connectivity index (χ4n) is 3.12. The van der Waals surface area contributed by atoms with Crippen LogP contribution in [0.4, 0.5) is 0 Å². The number of fused-ring (bicyclic) bond motifs is 1. The number of aliphatic hydroxyl groups excluding tert-OH is 1. The van der Waals surface area contributed by atoms with E-state index in [9.17, 15) is 5.11 Å². The lowest BCUT2D eigenvalue weighted by atomic mass is 10.1. The maximum absolute atomic E-state index is 10.00. The molecule has 1 N–H and O–H groups in total. The fourth-order valence-corrected chi connectivity index (χ4v) is 3.12. The monoisotopic (exact) mass is 314 g/mol. The van der Waals surface area contributed by atoms with Gasteiger partial charge in [-0.05, 0) is 25.0 Å². The molecule has 1 saturated heterocycles. The van der Waals surface area contributed by atoms with E-state index in [4.69, 9.17) is 0 Å². The summed E-state index contributed by atoms with van der Waals surface area (Å²) in [6.07, 6.45) is 7.48. The molecule has 0 aliphatic carbocycles. The summed E-state index contributed by atoms with van der Waals surface area (Å²) in [6, 6.07) is 6.07. The van der Waals surface area contributed by atoms with Gasteiger partial charge in [-0.1, -0.05) is 12.1 Å². The summed E-state index contributed by atoms with van der Waals surface area (Å²) in [5, 5.41) is 10.00. The van der Waals surface area contributed by atoms with Crippen LogP contribution in [0, 0.1) is 0 Å². The molecule has 0 amide bonds. The molecule has 1 fully saturated rings. The summed E-state index contributed by atoms with van der Waals surface area (Å²) in [6.45, 7) is 9.46. The molecule has 1 aliphatic heterocycles. The van der Waals surface area contributed by atoms with Crippen molar-refractivity contribution in [1.29, 1.82) is 0 Å². The summed E-state index contributed by atoms with van der Waals surface area (Å²) >= 11 is 0. The van der Waals surface area contributed by atoms with Crippen LogP contribution in [-0.2, 0) is 6.54 Å². The Hall–Kier alpha value is -1.69. The van der Waals surface area contributed by atoms with Gasteiger partial charge >= 0.3 is 0 Å². The van der Waals surface area contributed by atoms with Gasteiger partial charge in [-0.25, -0.2) is 4.98 Å². The van der Waals surface area contributed by atoms with Gasteiger partial charge in [0.2, 0.25) is 0 Å². The van der Waals surface area contributed by atoms with Crippen LogP contribution >= 0.6 is 0 Å². The molecule has 0 aromatic carbocycles. The Morgan fingerprint density at radius 3 is 2.74 bits per heavy atom. The lowest BCUT2D eigenvalue weighted by Gasteiger charge is -2.35. The first kappa shape index (κ1) is 16.2. The van der Waals surface area contributed by atoms with Crippen LogP contribution in [0.2, 0.25) is 0 Å². The predicted molar refractivity (Wildman–Crippen MR) is 92.3 cm³/mol. The zero-order chi connectivity index (χ0) is 16.1. The van der Waals surface area contributed by atoms with Gasteiger partial charge in [0.05, 0.1) is 11.8 Å². The van der Waals surface area contributed by atoms with E-state index in [0.717, 1.165) is 63.5 Å². The number of rotatable bonds is 7. The highest BCUT2D eigenvalue weighted by molar-refractivity contribution is 5.39. The van der Waals surface area contributed by atoms with E-state index in [2.05, 4.69) is 32.0 Å². The molecule has 0 spiro atoms. The third kappa shape index (κ3) is 4.41. The zero-order valence-corrected chi connectivity index (χ0v) is 13.6. The first-order valence-corrected chi connectivity index (χ1v) is 8.41. The van der Waals surface area contributed by atoms with Crippen molar-refractivity contribution in [2.24, 2.45) is 0 Å². The Bertz CT molecular complexity index is 598. The maximum Gasteiger partial charge on any atom is 0.137 e. The molecular formula is C18H26N4O. The van der Waals surface area contributed by atoms with E-state index in [-0.39, 0.29) is 6.10 Å². The number of aliphatic hydroxyl groups is 1. The van der Waals surface area contributed by atoms with Crippen LogP contribution in [0.25, 0.3) is 5.65 Å². The van der Waals surface area contributed by atoms with Crippen molar-refractivity contribution in [3.8, 4) is 0 Å². The minimum atomic E-state index is -0.238. The van der Waals surface area contributed by atoms with Crippen LogP contribution in [0.3, 0.4) is 0 Å². The van der Waals surface area contributed by atoms with Gasteiger partial charge < -0.3 is 9.51 Å². The Labute approximate surface area is 137 Å². The summed E-state index contributed by atoms with van der Waals surface area (Å²) in [5.74, 6) is 0. The number of β-amino-alcohol motifs (C(OH)–C–C–N with tert-alkyl or cyclic N) is 1. The Morgan fingerprint density at radius 1 is 1.22 bits per heavy atom. The average molecular weight is 314 g/mol. The number of nitrogens with zero attached hydrogens (tertiary/aromatic N) is 4. The highest BCUT2D eigenvalue weighted by atomic mass is 16.3. The molecule has 3 rings (SSSR count). The van der Waals surface area contributed by atoms with E-state index in [1.165, 1.54) is 0 Å². The molecule has 0 radical (unpaired) electrons. The number of hydrogen-bond acceptors (Lipinski definition) is 4. The number of piperazine rings is 1. The van der Waals surface area contributed by atoms with Crippen molar-refractivity contribution in [3.63, 3.8) is 0 Å². The largest absolute Gasteiger partial charge is 0.392 e. The van der Waals surface area contributed by atoms with Crippen LogP contribution < -0.4 is 0 Å². The van der Waals surface area contributed by atoms with Crippen molar-refractivity contribution in [2.75, 3.05) is 32.7 Å². The minimum absolute atomic E-state index is 0.238. The molecule has 0 saturated carbocycles. The van der Waals surface area contributed by atoms with Crippen LogP contribution in [0.1, 0.15) is 18.5 Å². The van der Waals surface area contributed by atoms with Gasteiger partial charge in [0, 0.05) is 51.7 Å². The summed E-state index contributed by atoms with van der Waals surface area (Å²) in [5.41, 5.74) is 2.13. The summed E-state index contributed by atoms with van der Waals surface area (Å²) in [7, 11) is 0. The first-order chi connectivity index (χ1) is 11.2. The minimum Gasteiger partial charge on any atom is -0.392 e. The molecule has 5 nitrogen and oxygen atoms in total. The van der Waals surface area contributed by atoms with Crippen LogP contribution in [0.15, 0.2) is 43.2 Å². The Balaban J connectivity index is 1.46. The molecule has 3 heterocycles. The highest BCUT2D eigenvalue weighted by Crippen LogP contribution is 2.11. The molecule has 2 aromatic heterocycles. The van der Waals surface area contributed by atoms with Crippen molar-refractivity contribution in [3.05, 3.63) is 48.9 Å². The fraction of sp³-hybridized carbons (Fsp3) is 0.500. The standard InChI is InChI=1S/C18H26N4O/c1-2-3-6-17(23)15-21-11-9-20(10-12-21)13-16-14-22-8-5-4-7-18(22)19-16/h2,4-5,7-8,14,17,23H,1,3,6,9-13,15H2. The molecule has 1 aliphatic rings. The third-order valence-electron chi connectivity index (χ3n) is 4.44. The van der Waals surface area contributed by atoms with E-state index in [1.54, 1.807) is 0 Å². The Kier molecular flexibility index (Phi) is 5.43. The second-order valence-corrected chi connectivity index (χ2v) is 6.29. The molecule has 23 heavy (non-hydrogen) atoms. The van der Waals surface area contributed by atoms with Crippen molar-refractivity contribution >= 4 is 5.65 Å². The van der Waals surface area contributed by atoms with Gasteiger partial charge in [-0.3, -0.25) is 9.80 Å². The maximum atomic E-state index is 10.00. The van der Waals surface area contributed by atoms with Crippen LogP contribution in [0.5, 0.6) is 0 Å². The number of aromatic nitrogens is 2. The van der Waals surface area contributed by atoms with Gasteiger partial charge in [-0.15, -0.1) is 6.58 Å². The van der Waals surface area contributed by atoms with E-state index in [1.807, 2.05) is 30.5 Å². The second-order valence-electron chi connectivity index (χ2n) is 6.29. The molecule has 124 valence electrons. The number of imidazole rings is 1. The van der Waals surface area contributed by atoms with Gasteiger partial charge in [0.25, 0.3) is 0 Å². The van der Waals surface area contributed by atoms with Crippen LogP contribution in [-0.4, -0.2) is 63.1 Å². The molecule has 1 atom stereocenters. The summed E-state index contributed by atoms with van der Waals surface area (Å²) in [4.78, 5) is 9.46. The normalized spacial score (nSPS) is 18.3. The smallest absolute Gasteiger partial charge is 0.137 e. The van der Waals surface area contributed by atoms with Gasteiger partial charge in [0.1, 0.15) is 5.65 Å². The second kappa shape index (κ2) is 7.73. The van der Waals surface area contributed by atoms with E-state index < -0.39 is 0 Å². The van der Waals surface area contributed by atoms with E-state index in [0.29, 0.717) is 0 Å². The molecule has 0 bridgehead atoms. The molecule has 2 aromatic rings. The topological polar surface area (TPSA) is 44.0 Å². The van der Waals surface area contributed by atoms with Gasteiger partial charge in [-0.2, -0.15) is 0 Å². The summed E-state index contributed by atoms with van der Waals surface area (Å²) < 4.78 is 2.07. The quantitative estimate of drug-likeness (QED) is 0.791. The Morgan fingerprint density at radius 2 is 2.00 bits per heavy atom. The van der Waals surface area contributed by atoms with Crippen molar-refractivity contribution in [2.45, 2.75) is 25.5 Å². The predicted octanol–water partition coefficient (Wildman–Crippen LogP) is 1.78. The molecule has 1 unspecified atom stereocenters. The SMILES string of the molecule is C=CCCC(O)CN1CCN(Cc2cn3ccccc3n2)CC1. The van der Waals surface area contributed by atoms with Crippen molar-refractivity contribution < 1.29 is 5.11 Å². The first-order valence-electron chi connectivity index (χ1n) is 8.41. The highest BCUT2D eigenvalue weighted by Gasteiger charge is 2.19. The average Bonchev–Trinajstić information content (AvgIpc) is 2.97. The molecule has 5 heteroatoms. The third-order valence-corrected chi connectivity index (χ3v) is 4.44. The number of allylic oxidation sites excluding steroid dienone is 1. The van der Waals surface area contributed by atoms with Gasteiger partial charge in [0.15, 0.2) is 0 Å². The lowest BCUT2D eigenvalue weighted by molar-refractivity contribution is 0.0666.